The molecule has 1 fully saturated rings. The Kier molecular flexibility index (Phi) is 5.52. The SMILES string of the molecule is COc1ccc(S(=O)(=O)Nc2ccc(N3CCOCC3=O)cc2)cc1OC. The fourth-order valence-corrected chi connectivity index (χ4v) is 3.77. The minimum absolute atomic E-state index is 0.0487. The van der Waals surface area contributed by atoms with Crippen molar-refractivity contribution in [3.05, 3.63) is 42.5 Å². The maximum absolute atomic E-state index is 12.6. The molecule has 9 heteroatoms. The number of anilines is 2. The first kappa shape index (κ1) is 19.0. The van der Waals surface area contributed by atoms with E-state index in [4.69, 9.17) is 14.2 Å². The summed E-state index contributed by atoms with van der Waals surface area (Å²) in [6, 6.07) is 10.9. The molecule has 0 atom stereocenters. The zero-order chi connectivity index (χ0) is 19.4. The monoisotopic (exact) mass is 392 g/mol. The molecule has 2 aromatic rings. The van der Waals surface area contributed by atoms with Crippen LogP contribution in [0, 0.1) is 0 Å². The van der Waals surface area contributed by atoms with Gasteiger partial charge in [0.15, 0.2) is 11.5 Å². The molecule has 0 radical (unpaired) electrons. The minimum Gasteiger partial charge on any atom is -0.493 e. The number of methoxy groups -OCH3 is 2. The summed E-state index contributed by atoms with van der Waals surface area (Å²) in [6.07, 6.45) is 0. The van der Waals surface area contributed by atoms with Crippen molar-refractivity contribution >= 4 is 27.3 Å². The number of hydrogen-bond donors (Lipinski definition) is 1. The Morgan fingerprint density at radius 2 is 1.74 bits per heavy atom. The van der Waals surface area contributed by atoms with Crippen LogP contribution in [0.1, 0.15) is 0 Å². The van der Waals surface area contributed by atoms with Gasteiger partial charge in [0.1, 0.15) is 6.61 Å². The summed E-state index contributed by atoms with van der Waals surface area (Å²) in [4.78, 5) is 13.5. The third-order valence-electron chi connectivity index (χ3n) is 4.08. The molecule has 3 rings (SSSR count). The van der Waals surface area contributed by atoms with Crippen molar-refractivity contribution in [3.8, 4) is 11.5 Å². The van der Waals surface area contributed by atoms with E-state index in [1.807, 2.05) is 0 Å². The lowest BCUT2D eigenvalue weighted by Crippen LogP contribution is -2.41. The number of nitrogens with one attached hydrogen (secondary N) is 1. The molecule has 1 aliphatic rings. The fraction of sp³-hybridized carbons (Fsp3) is 0.278. The molecule has 1 N–H and O–H groups in total. The fourth-order valence-electron chi connectivity index (χ4n) is 2.70. The third kappa shape index (κ3) is 4.15. The molecule has 1 amide bonds. The molecule has 8 nitrogen and oxygen atoms in total. The maximum atomic E-state index is 12.6. The summed E-state index contributed by atoms with van der Waals surface area (Å²) >= 11 is 0. The summed E-state index contributed by atoms with van der Waals surface area (Å²) in [6.45, 7) is 0.989. The standard InChI is InChI=1S/C18H20N2O6S/c1-24-16-8-7-15(11-17(16)25-2)27(22,23)19-13-3-5-14(6-4-13)20-9-10-26-12-18(20)21/h3-8,11,19H,9-10,12H2,1-2H3. The number of amides is 1. The van der Waals surface area contributed by atoms with E-state index in [-0.39, 0.29) is 17.4 Å². The Labute approximate surface area is 157 Å². The van der Waals surface area contributed by atoms with Crippen molar-refractivity contribution in [2.75, 3.05) is 43.6 Å². The van der Waals surface area contributed by atoms with Crippen LogP contribution in [0.5, 0.6) is 11.5 Å². The molecule has 0 aromatic heterocycles. The van der Waals surface area contributed by atoms with Gasteiger partial charge in [-0.2, -0.15) is 0 Å². The van der Waals surface area contributed by atoms with Gasteiger partial charge in [-0.25, -0.2) is 8.42 Å². The van der Waals surface area contributed by atoms with Gasteiger partial charge < -0.3 is 19.1 Å². The Morgan fingerprint density at radius 3 is 2.37 bits per heavy atom. The van der Waals surface area contributed by atoms with Crippen LogP contribution in [0.4, 0.5) is 11.4 Å². The first-order valence-corrected chi connectivity index (χ1v) is 9.66. The van der Waals surface area contributed by atoms with Gasteiger partial charge in [0.2, 0.25) is 0 Å². The van der Waals surface area contributed by atoms with Crippen molar-refractivity contribution in [3.63, 3.8) is 0 Å². The second-order valence-electron chi connectivity index (χ2n) is 5.77. The number of nitrogens with zero attached hydrogens (tertiary/aromatic N) is 1. The van der Waals surface area contributed by atoms with E-state index in [9.17, 15) is 13.2 Å². The molecular weight excluding hydrogens is 372 g/mol. The Bertz CT molecular complexity index is 927. The average Bonchev–Trinajstić information content (AvgIpc) is 2.68. The summed E-state index contributed by atoms with van der Waals surface area (Å²) in [5, 5.41) is 0. The Balaban J connectivity index is 1.79. The van der Waals surface area contributed by atoms with Gasteiger partial charge in [-0.1, -0.05) is 0 Å². The zero-order valence-electron chi connectivity index (χ0n) is 15.0. The third-order valence-corrected chi connectivity index (χ3v) is 5.46. The number of benzene rings is 2. The van der Waals surface area contributed by atoms with Crippen LogP contribution < -0.4 is 19.1 Å². The van der Waals surface area contributed by atoms with Crippen LogP contribution in [0.15, 0.2) is 47.4 Å². The van der Waals surface area contributed by atoms with E-state index >= 15 is 0 Å². The van der Waals surface area contributed by atoms with Crippen LogP contribution in [0.2, 0.25) is 0 Å². The van der Waals surface area contributed by atoms with E-state index in [1.54, 1.807) is 29.2 Å². The summed E-state index contributed by atoms with van der Waals surface area (Å²) in [5.41, 5.74) is 1.08. The summed E-state index contributed by atoms with van der Waals surface area (Å²) in [7, 11) is -0.890. The molecule has 144 valence electrons. The molecule has 0 bridgehead atoms. The van der Waals surface area contributed by atoms with Gasteiger partial charge in [0.05, 0.1) is 25.7 Å². The number of ether oxygens (including phenoxy) is 3. The van der Waals surface area contributed by atoms with Gasteiger partial charge in [0.25, 0.3) is 15.9 Å². The highest BCUT2D eigenvalue weighted by atomic mass is 32.2. The minimum atomic E-state index is -3.81. The van der Waals surface area contributed by atoms with Crippen LogP contribution in [0.3, 0.4) is 0 Å². The Hall–Kier alpha value is -2.78. The smallest absolute Gasteiger partial charge is 0.262 e. The topological polar surface area (TPSA) is 94.2 Å². The number of sulfonamides is 1. The highest BCUT2D eigenvalue weighted by Gasteiger charge is 2.21. The van der Waals surface area contributed by atoms with Crippen molar-refractivity contribution in [1.29, 1.82) is 0 Å². The number of carbonyl (C=O) groups excluding carboxylic acids is 1. The summed E-state index contributed by atoms with van der Waals surface area (Å²) in [5.74, 6) is 0.637. The van der Waals surface area contributed by atoms with E-state index in [1.165, 1.54) is 32.4 Å². The molecule has 0 unspecified atom stereocenters. The molecule has 0 saturated carbocycles. The molecular formula is C18H20N2O6S. The molecule has 0 aliphatic carbocycles. The largest absolute Gasteiger partial charge is 0.493 e. The van der Waals surface area contributed by atoms with Gasteiger partial charge in [-0.15, -0.1) is 0 Å². The maximum Gasteiger partial charge on any atom is 0.262 e. The lowest BCUT2D eigenvalue weighted by molar-refractivity contribution is -0.125. The zero-order valence-corrected chi connectivity index (χ0v) is 15.8. The first-order chi connectivity index (χ1) is 12.9. The highest BCUT2D eigenvalue weighted by molar-refractivity contribution is 7.92. The molecule has 1 saturated heterocycles. The van der Waals surface area contributed by atoms with Crippen molar-refractivity contribution < 1.29 is 27.4 Å². The van der Waals surface area contributed by atoms with Gasteiger partial charge in [-0.05, 0) is 36.4 Å². The van der Waals surface area contributed by atoms with E-state index in [0.29, 0.717) is 36.0 Å². The predicted octanol–water partition coefficient (Wildman–Crippen LogP) is 1.87. The van der Waals surface area contributed by atoms with Gasteiger partial charge >= 0.3 is 0 Å². The molecule has 1 heterocycles. The number of rotatable bonds is 6. The van der Waals surface area contributed by atoms with Crippen molar-refractivity contribution in [2.24, 2.45) is 0 Å². The molecule has 27 heavy (non-hydrogen) atoms. The van der Waals surface area contributed by atoms with E-state index in [0.717, 1.165) is 0 Å². The molecule has 2 aromatic carbocycles. The second kappa shape index (κ2) is 7.85. The normalized spacial score (nSPS) is 14.7. The second-order valence-corrected chi connectivity index (χ2v) is 7.45. The van der Waals surface area contributed by atoms with Gasteiger partial charge in [-0.3, -0.25) is 9.52 Å². The molecule has 0 spiro atoms. The highest BCUT2D eigenvalue weighted by Crippen LogP contribution is 2.30. The van der Waals surface area contributed by atoms with Crippen LogP contribution in [0.25, 0.3) is 0 Å². The quantitative estimate of drug-likeness (QED) is 0.807. The van der Waals surface area contributed by atoms with E-state index < -0.39 is 10.0 Å². The summed E-state index contributed by atoms with van der Waals surface area (Å²) < 4.78 is 43.1. The number of morpholine rings is 1. The van der Waals surface area contributed by atoms with Crippen molar-refractivity contribution in [1.82, 2.24) is 0 Å². The van der Waals surface area contributed by atoms with Gasteiger partial charge in [0, 0.05) is 24.0 Å². The lowest BCUT2D eigenvalue weighted by Gasteiger charge is -2.26. The lowest BCUT2D eigenvalue weighted by atomic mass is 10.2. The number of hydrogen-bond acceptors (Lipinski definition) is 6. The van der Waals surface area contributed by atoms with Crippen LogP contribution >= 0.6 is 0 Å². The molecule has 1 aliphatic heterocycles. The Morgan fingerprint density at radius 1 is 1.04 bits per heavy atom. The van der Waals surface area contributed by atoms with Crippen LogP contribution in [-0.2, 0) is 19.6 Å². The van der Waals surface area contributed by atoms with Crippen LogP contribution in [-0.4, -0.2) is 48.3 Å². The first-order valence-electron chi connectivity index (χ1n) is 8.17. The number of carbonyl (C=O) groups is 1. The average molecular weight is 392 g/mol. The predicted molar refractivity (Wildman–Crippen MR) is 100.0 cm³/mol. The van der Waals surface area contributed by atoms with Crippen molar-refractivity contribution in [2.45, 2.75) is 4.90 Å². The van der Waals surface area contributed by atoms with E-state index in [2.05, 4.69) is 4.72 Å².